The molecule has 1 unspecified atom stereocenters. The Kier molecular flexibility index (Phi) is 11.3. The van der Waals surface area contributed by atoms with E-state index in [0.717, 1.165) is 11.3 Å². The van der Waals surface area contributed by atoms with Crippen LogP contribution in [0.2, 0.25) is 0 Å². The Morgan fingerprint density at radius 3 is 2.65 bits per heavy atom. The number of hydrogen-bond donors (Lipinski definition) is 4. The predicted molar refractivity (Wildman–Crippen MR) is 117 cm³/mol. The Bertz CT molecular complexity index is 772. The number of thiazole rings is 1. The van der Waals surface area contributed by atoms with Crippen molar-refractivity contribution >= 4 is 29.4 Å². The summed E-state index contributed by atoms with van der Waals surface area (Å²) in [6.07, 6.45) is 4.52. The Morgan fingerprint density at radius 1 is 1.26 bits per heavy atom. The molecule has 0 aliphatic rings. The smallest absolute Gasteiger partial charge is 0.408 e. The molecule has 0 aliphatic carbocycles. The third kappa shape index (κ3) is 11.2. The van der Waals surface area contributed by atoms with E-state index in [0.29, 0.717) is 12.1 Å². The van der Waals surface area contributed by atoms with Crippen LogP contribution in [0.4, 0.5) is 9.59 Å². The van der Waals surface area contributed by atoms with Crippen LogP contribution < -0.4 is 16.0 Å². The maximum Gasteiger partial charge on any atom is 0.408 e. The summed E-state index contributed by atoms with van der Waals surface area (Å²) in [5, 5.41) is 18.3. The van der Waals surface area contributed by atoms with Crippen LogP contribution >= 0.6 is 11.3 Å². The van der Waals surface area contributed by atoms with E-state index >= 15 is 0 Å². The van der Waals surface area contributed by atoms with Crippen LogP contribution in [0.3, 0.4) is 0 Å². The molecule has 172 valence electrons. The van der Waals surface area contributed by atoms with Gasteiger partial charge in [-0.2, -0.15) is 0 Å². The molecule has 0 aromatic carbocycles. The number of alkyl carbamates (subject to hydrolysis) is 2. The molecule has 0 fully saturated rings. The number of hydrogen-bond acceptors (Lipinski definition) is 8. The molecule has 10 nitrogen and oxygen atoms in total. The number of rotatable bonds is 11. The number of amides is 3. The number of aliphatic hydroxyl groups excluding tert-OH is 1. The van der Waals surface area contributed by atoms with Gasteiger partial charge in [-0.15, -0.1) is 17.9 Å². The molecular weight excluding hydrogens is 424 g/mol. The molecule has 4 N–H and O–H groups in total. The van der Waals surface area contributed by atoms with E-state index in [1.54, 1.807) is 38.3 Å². The van der Waals surface area contributed by atoms with Crippen molar-refractivity contribution in [1.82, 2.24) is 20.9 Å². The summed E-state index contributed by atoms with van der Waals surface area (Å²) in [4.78, 5) is 40.4. The third-order valence-electron chi connectivity index (χ3n) is 3.39. The van der Waals surface area contributed by atoms with Crippen molar-refractivity contribution in [1.29, 1.82) is 0 Å². The lowest BCUT2D eigenvalue weighted by atomic mass is 10.2. The average Bonchev–Trinajstić information content (AvgIpc) is 3.18. The minimum absolute atomic E-state index is 0.0319. The van der Waals surface area contributed by atoms with Gasteiger partial charge in [-0.25, -0.2) is 14.6 Å². The van der Waals surface area contributed by atoms with Gasteiger partial charge >= 0.3 is 12.2 Å². The number of allylic oxidation sites excluding steroid dienone is 2. The molecule has 0 bridgehead atoms. The van der Waals surface area contributed by atoms with Crippen LogP contribution in [0.1, 0.15) is 48.7 Å². The van der Waals surface area contributed by atoms with E-state index in [4.69, 9.17) is 14.6 Å². The first-order valence-corrected chi connectivity index (χ1v) is 10.5. The Labute approximate surface area is 185 Å². The third-order valence-corrected chi connectivity index (χ3v) is 4.25. The Hall–Kier alpha value is -2.92. The molecular formula is C20H30N4O6S. The van der Waals surface area contributed by atoms with Crippen LogP contribution in [-0.4, -0.2) is 60.1 Å². The highest BCUT2D eigenvalue weighted by Gasteiger charge is 2.24. The van der Waals surface area contributed by atoms with E-state index in [1.165, 1.54) is 0 Å². The molecule has 0 saturated heterocycles. The fourth-order valence-electron chi connectivity index (χ4n) is 2.10. The summed E-state index contributed by atoms with van der Waals surface area (Å²) in [5.41, 5.74) is -0.341. The number of aliphatic hydroxyl groups is 1. The quantitative estimate of drug-likeness (QED) is 0.376. The highest BCUT2D eigenvalue weighted by molar-refractivity contribution is 7.11. The normalized spacial score (nSPS) is 12.1. The van der Waals surface area contributed by atoms with Crippen molar-refractivity contribution in [2.75, 3.05) is 26.3 Å². The monoisotopic (exact) mass is 454 g/mol. The minimum Gasteiger partial charge on any atom is -0.445 e. The first-order chi connectivity index (χ1) is 14.7. The predicted octanol–water partition coefficient (Wildman–Crippen LogP) is 2.29. The van der Waals surface area contributed by atoms with Crippen molar-refractivity contribution < 1.29 is 29.0 Å². The van der Waals surface area contributed by atoms with Gasteiger partial charge in [0.05, 0.1) is 18.3 Å². The maximum absolute atomic E-state index is 12.2. The van der Waals surface area contributed by atoms with E-state index in [9.17, 15) is 14.4 Å². The SMILES string of the molecule is C=CCC=CCOC(=O)NCC(NC(=O)OC(C)(C)C)c1csc(C(=O)NCCO)n1. The van der Waals surface area contributed by atoms with Gasteiger partial charge in [0.1, 0.15) is 12.2 Å². The van der Waals surface area contributed by atoms with Crippen molar-refractivity contribution in [3.8, 4) is 0 Å². The molecule has 3 amide bonds. The summed E-state index contributed by atoms with van der Waals surface area (Å²) in [7, 11) is 0. The summed E-state index contributed by atoms with van der Waals surface area (Å²) >= 11 is 1.07. The van der Waals surface area contributed by atoms with E-state index in [2.05, 4.69) is 27.5 Å². The van der Waals surface area contributed by atoms with Crippen LogP contribution in [-0.2, 0) is 9.47 Å². The van der Waals surface area contributed by atoms with Crippen molar-refractivity contribution in [2.45, 2.75) is 38.8 Å². The van der Waals surface area contributed by atoms with Gasteiger partial charge in [0.2, 0.25) is 0 Å². The summed E-state index contributed by atoms with van der Waals surface area (Å²) in [6.45, 7) is 8.73. The van der Waals surface area contributed by atoms with Gasteiger partial charge in [0, 0.05) is 18.5 Å². The average molecular weight is 455 g/mol. The minimum atomic E-state index is -0.755. The van der Waals surface area contributed by atoms with E-state index < -0.39 is 29.7 Å². The lowest BCUT2D eigenvalue weighted by Gasteiger charge is -2.23. The second-order valence-electron chi connectivity index (χ2n) is 7.23. The van der Waals surface area contributed by atoms with Crippen molar-refractivity contribution in [2.24, 2.45) is 0 Å². The number of nitrogens with zero attached hydrogens (tertiary/aromatic N) is 1. The van der Waals surface area contributed by atoms with Crippen molar-refractivity contribution in [3.63, 3.8) is 0 Å². The number of ether oxygens (including phenoxy) is 2. The first kappa shape index (κ1) is 26.1. The van der Waals surface area contributed by atoms with E-state index in [1.807, 2.05) is 6.08 Å². The fraction of sp³-hybridized carbons (Fsp3) is 0.500. The molecule has 1 aromatic rings. The summed E-state index contributed by atoms with van der Waals surface area (Å²) in [6, 6.07) is -0.755. The lowest BCUT2D eigenvalue weighted by molar-refractivity contribution is 0.0500. The first-order valence-electron chi connectivity index (χ1n) is 9.66. The number of nitrogens with one attached hydrogen (secondary N) is 3. The topological polar surface area (TPSA) is 139 Å². The van der Waals surface area contributed by atoms with Gasteiger partial charge in [-0.05, 0) is 27.2 Å². The lowest BCUT2D eigenvalue weighted by Crippen LogP contribution is -2.40. The van der Waals surface area contributed by atoms with Gasteiger partial charge < -0.3 is 30.5 Å². The van der Waals surface area contributed by atoms with Crippen LogP contribution in [0, 0.1) is 0 Å². The van der Waals surface area contributed by atoms with Gasteiger partial charge in [0.25, 0.3) is 5.91 Å². The fourth-order valence-corrected chi connectivity index (χ4v) is 2.88. The largest absolute Gasteiger partial charge is 0.445 e. The molecule has 1 aromatic heterocycles. The van der Waals surface area contributed by atoms with E-state index in [-0.39, 0.29) is 31.3 Å². The maximum atomic E-state index is 12.2. The Morgan fingerprint density at radius 2 is 2.00 bits per heavy atom. The highest BCUT2D eigenvalue weighted by Crippen LogP contribution is 2.18. The number of carbonyl (C=O) groups excluding carboxylic acids is 3. The van der Waals surface area contributed by atoms with Crippen LogP contribution in [0.25, 0.3) is 0 Å². The summed E-state index contributed by atoms with van der Waals surface area (Å²) < 4.78 is 10.3. The standard InChI is InChI=1S/C20H30N4O6S/c1-5-6-7-8-11-29-18(27)22-12-14(24-19(28)30-20(2,3)4)15-13-31-17(23-15)16(26)21-9-10-25/h5,7-8,13-14,25H,1,6,9-12H2,2-4H3,(H,21,26)(H,22,27)(H,24,28). The molecule has 1 heterocycles. The van der Waals surface area contributed by atoms with Gasteiger partial charge in [-0.1, -0.05) is 18.2 Å². The molecule has 0 radical (unpaired) electrons. The number of aromatic nitrogens is 1. The number of carbonyl (C=O) groups is 3. The second-order valence-corrected chi connectivity index (χ2v) is 8.09. The zero-order chi connectivity index (χ0) is 23.3. The molecule has 0 aliphatic heterocycles. The van der Waals surface area contributed by atoms with Crippen LogP contribution in [0.5, 0.6) is 0 Å². The second kappa shape index (κ2) is 13.4. The molecule has 0 spiro atoms. The van der Waals surface area contributed by atoms with Crippen molar-refractivity contribution in [3.05, 3.63) is 40.9 Å². The molecule has 11 heteroatoms. The summed E-state index contributed by atoms with van der Waals surface area (Å²) in [5.74, 6) is -0.444. The molecule has 0 saturated carbocycles. The molecule has 31 heavy (non-hydrogen) atoms. The molecule has 1 atom stereocenters. The Balaban J connectivity index is 2.79. The molecule has 1 rings (SSSR count). The zero-order valence-electron chi connectivity index (χ0n) is 18.0. The van der Waals surface area contributed by atoms with Gasteiger partial charge in [-0.3, -0.25) is 4.79 Å². The van der Waals surface area contributed by atoms with Gasteiger partial charge in [0.15, 0.2) is 5.01 Å². The highest BCUT2D eigenvalue weighted by atomic mass is 32.1. The zero-order valence-corrected chi connectivity index (χ0v) is 18.8. The van der Waals surface area contributed by atoms with Crippen LogP contribution in [0.15, 0.2) is 30.2 Å².